The third-order valence-corrected chi connectivity index (χ3v) is 6.37. The maximum absolute atomic E-state index is 12.5. The molecule has 0 spiro atoms. The van der Waals surface area contributed by atoms with Crippen LogP contribution in [-0.4, -0.2) is 21.2 Å². The lowest BCUT2D eigenvalue weighted by Gasteiger charge is -2.14. The quantitative estimate of drug-likeness (QED) is 0.307. The summed E-state index contributed by atoms with van der Waals surface area (Å²) in [5.74, 6) is 0.217. The molecule has 3 aromatic carbocycles. The van der Waals surface area contributed by atoms with Crippen LogP contribution in [0.1, 0.15) is 11.1 Å². The summed E-state index contributed by atoms with van der Waals surface area (Å²) < 4.78 is 3.16. The second kappa shape index (κ2) is 9.54. The molecule has 0 saturated heterocycles. The molecule has 0 atom stereocenters. The summed E-state index contributed by atoms with van der Waals surface area (Å²) >= 11 is 4.93. The third-order valence-electron chi connectivity index (χ3n) is 4.89. The van der Waals surface area contributed by atoms with Crippen LogP contribution in [0, 0.1) is 13.8 Å². The first-order valence-electron chi connectivity index (χ1n) is 9.90. The second-order valence-corrected chi connectivity index (χ2v) is 9.12. The fourth-order valence-corrected chi connectivity index (χ4v) is 4.32. The Morgan fingerprint density at radius 3 is 2.42 bits per heavy atom. The minimum Gasteiger partial charge on any atom is -0.325 e. The second-order valence-electron chi connectivity index (χ2n) is 7.26. The maximum atomic E-state index is 12.5. The molecule has 1 N–H and O–H groups in total. The highest BCUT2D eigenvalue weighted by molar-refractivity contribution is 9.10. The highest BCUT2D eigenvalue weighted by atomic mass is 79.9. The fourth-order valence-electron chi connectivity index (χ4n) is 3.27. The van der Waals surface area contributed by atoms with Gasteiger partial charge in [-0.2, -0.15) is 0 Å². The Morgan fingerprint density at radius 2 is 1.71 bits per heavy atom. The molecule has 0 aliphatic rings. The van der Waals surface area contributed by atoms with Crippen LogP contribution in [0.3, 0.4) is 0 Å². The van der Waals surface area contributed by atoms with E-state index in [0.29, 0.717) is 0 Å². The molecule has 0 unspecified atom stereocenters. The number of nitrogens with zero attached hydrogens (tertiary/aromatic N) is 2. The number of benzene rings is 3. The van der Waals surface area contributed by atoms with Crippen LogP contribution in [-0.2, 0) is 4.79 Å². The van der Waals surface area contributed by atoms with Gasteiger partial charge in [0.1, 0.15) is 0 Å². The number of rotatable bonds is 6. The van der Waals surface area contributed by atoms with E-state index >= 15 is 0 Å². The van der Waals surface area contributed by atoms with Crippen molar-refractivity contribution in [3.05, 3.63) is 94.6 Å². The van der Waals surface area contributed by atoms with Gasteiger partial charge in [0.2, 0.25) is 5.91 Å². The van der Waals surface area contributed by atoms with Gasteiger partial charge in [0.15, 0.2) is 5.16 Å². The summed E-state index contributed by atoms with van der Waals surface area (Å²) in [5.41, 5.74) is 6.21. The first kappa shape index (κ1) is 21.4. The third kappa shape index (κ3) is 5.09. The van der Waals surface area contributed by atoms with Gasteiger partial charge >= 0.3 is 0 Å². The number of carbonyl (C=O) groups excluding carboxylic acids is 1. The van der Waals surface area contributed by atoms with Gasteiger partial charge in [0.05, 0.1) is 23.3 Å². The number of hydrogen-bond acceptors (Lipinski definition) is 3. The van der Waals surface area contributed by atoms with E-state index in [1.165, 1.54) is 11.8 Å². The van der Waals surface area contributed by atoms with Crippen LogP contribution >= 0.6 is 27.7 Å². The molecule has 0 fully saturated rings. The fraction of sp³-hybridized carbons (Fsp3) is 0.120. The van der Waals surface area contributed by atoms with Crippen molar-refractivity contribution >= 4 is 39.3 Å². The van der Waals surface area contributed by atoms with Crippen molar-refractivity contribution in [1.29, 1.82) is 0 Å². The van der Waals surface area contributed by atoms with Crippen LogP contribution in [0.2, 0.25) is 0 Å². The van der Waals surface area contributed by atoms with Crippen LogP contribution in [0.5, 0.6) is 0 Å². The Balaban J connectivity index is 1.61. The largest absolute Gasteiger partial charge is 0.325 e. The molecule has 6 heteroatoms. The van der Waals surface area contributed by atoms with E-state index in [2.05, 4.69) is 62.0 Å². The van der Waals surface area contributed by atoms with Gasteiger partial charge in [-0.05, 0) is 49.7 Å². The monoisotopic (exact) mass is 491 g/mol. The topological polar surface area (TPSA) is 46.9 Å². The first-order chi connectivity index (χ1) is 15.0. The first-order valence-corrected chi connectivity index (χ1v) is 11.7. The van der Waals surface area contributed by atoms with Crippen molar-refractivity contribution < 1.29 is 4.79 Å². The molecule has 0 bridgehead atoms. The molecule has 0 radical (unpaired) electrons. The van der Waals surface area contributed by atoms with E-state index in [4.69, 9.17) is 0 Å². The van der Waals surface area contributed by atoms with Crippen molar-refractivity contribution in [2.24, 2.45) is 0 Å². The Kier molecular flexibility index (Phi) is 6.59. The molecular weight excluding hydrogens is 470 g/mol. The smallest absolute Gasteiger partial charge is 0.234 e. The number of thioether (sulfide) groups is 1. The number of para-hydroxylation sites is 1. The molecule has 1 amide bonds. The van der Waals surface area contributed by atoms with Gasteiger partial charge in [-0.25, -0.2) is 4.98 Å². The molecular formula is C25H22BrN3OS. The highest BCUT2D eigenvalue weighted by Gasteiger charge is 2.17. The molecule has 1 aromatic heterocycles. The number of aryl methyl sites for hydroxylation is 2. The van der Waals surface area contributed by atoms with Gasteiger partial charge in [-0.15, -0.1) is 0 Å². The zero-order valence-corrected chi connectivity index (χ0v) is 19.7. The minimum absolute atomic E-state index is 0.0571. The number of amides is 1. The van der Waals surface area contributed by atoms with Crippen molar-refractivity contribution in [3.8, 4) is 16.9 Å². The number of imidazole rings is 1. The summed E-state index contributed by atoms with van der Waals surface area (Å²) in [4.78, 5) is 17.2. The lowest BCUT2D eigenvalue weighted by atomic mass is 10.1. The van der Waals surface area contributed by atoms with Gasteiger partial charge in [0.25, 0.3) is 0 Å². The molecule has 1 heterocycles. The predicted octanol–water partition coefficient (Wildman–Crippen LogP) is 6.65. The highest BCUT2D eigenvalue weighted by Crippen LogP contribution is 2.31. The molecule has 4 nitrogen and oxygen atoms in total. The molecule has 4 rings (SSSR count). The van der Waals surface area contributed by atoms with Gasteiger partial charge in [-0.1, -0.05) is 75.7 Å². The van der Waals surface area contributed by atoms with Crippen LogP contribution in [0.25, 0.3) is 16.9 Å². The summed E-state index contributed by atoms with van der Waals surface area (Å²) in [5, 5.41) is 3.74. The van der Waals surface area contributed by atoms with Gasteiger partial charge < -0.3 is 5.32 Å². The Morgan fingerprint density at radius 1 is 1.00 bits per heavy atom. The van der Waals surface area contributed by atoms with Gasteiger partial charge in [0, 0.05) is 15.7 Å². The number of halogens is 1. The lowest BCUT2D eigenvalue weighted by molar-refractivity contribution is -0.113. The normalized spacial score (nSPS) is 10.8. The van der Waals surface area contributed by atoms with E-state index in [9.17, 15) is 4.79 Å². The molecule has 31 heavy (non-hydrogen) atoms. The van der Waals surface area contributed by atoms with Gasteiger partial charge in [-0.3, -0.25) is 9.36 Å². The maximum Gasteiger partial charge on any atom is 0.234 e. The Hall–Kier alpha value is -2.83. The molecule has 4 aromatic rings. The number of hydrogen-bond donors (Lipinski definition) is 1. The number of carbonyl (C=O) groups is 1. The van der Waals surface area contributed by atoms with Crippen LogP contribution < -0.4 is 5.32 Å². The number of nitrogens with one attached hydrogen (secondary N) is 1. The summed E-state index contributed by atoms with van der Waals surface area (Å²) in [7, 11) is 0. The van der Waals surface area contributed by atoms with E-state index in [1.54, 1.807) is 0 Å². The Bertz CT molecular complexity index is 1200. The van der Waals surface area contributed by atoms with E-state index in [-0.39, 0.29) is 11.7 Å². The van der Waals surface area contributed by atoms with Crippen molar-refractivity contribution in [3.63, 3.8) is 0 Å². The average Bonchev–Trinajstić information content (AvgIpc) is 3.18. The number of aromatic nitrogens is 2. The zero-order valence-electron chi connectivity index (χ0n) is 17.3. The summed E-state index contributed by atoms with van der Waals surface area (Å²) in [6, 6.07) is 24.2. The molecule has 0 aliphatic carbocycles. The minimum atomic E-state index is -0.0571. The SMILES string of the molecule is Cc1ccc(NC(=O)CSc2ncc(-c3ccc(Br)cc3)n2-c2ccccc2C)cc1. The van der Waals surface area contributed by atoms with Crippen LogP contribution in [0.4, 0.5) is 5.69 Å². The van der Waals surface area contributed by atoms with Crippen molar-refractivity contribution in [2.75, 3.05) is 11.1 Å². The van der Waals surface area contributed by atoms with Crippen molar-refractivity contribution in [2.45, 2.75) is 19.0 Å². The zero-order chi connectivity index (χ0) is 21.8. The lowest BCUT2D eigenvalue weighted by Crippen LogP contribution is -2.14. The molecule has 0 aliphatic heterocycles. The molecule has 0 saturated carbocycles. The summed E-state index contributed by atoms with van der Waals surface area (Å²) in [6.45, 7) is 4.11. The van der Waals surface area contributed by atoms with E-state index in [0.717, 1.165) is 43.4 Å². The van der Waals surface area contributed by atoms with Crippen molar-refractivity contribution in [1.82, 2.24) is 9.55 Å². The standard InChI is InChI=1S/C25H22BrN3OS/c1-17-7-13-21(14-8-17)28-24(30)16-31-25-27-15-23(19-9-11-20(26)12-10-19)29(25)22-6-4-3-5-18(22)2/h3-15H,16H2,1-2H3,(H,28,30). The molecule has 156 valence electrons. The predicted molar refractivity (Wildman–Crippen MR) is 132 cm³/mol. The van der Waals surface area contributed by atoms with E-state index < -0.39 is 0 Å². The van der Waals surface area contributed by atoms with Crippen LogP contribution in [0.15, 0.2) is 88.6 Å². The number of anilines is 1. The Labute approximate surface area is 194 Å². The van der Waals surface area contributed by atoms with E-state index in [1.807, 2.05) is 61.7 Å². The average molecular weight is 492 g/mol. The summed E-state index contributed by atoms with van der Waals surface area (Å²) in [6.07, 6.45) is 1.87.